The van der Waals surface area contributed by atoms with E-state index in [2.05, 4.69) is 43.1 Å². The van der Waals surface area contributed by atoms with Crippen molar-refractivity contribution < 1.29 is 9.90 Å². The van der Waals surface area contributed by atoms with Crippen molar-refractivity contribution in [3.8, 4) is 0 Å². The first-order chi connectivity index (χ1) is 12.9. The molecular formula is C23H32N2O2. The minimum atomic E-state index is -0.634. The van der Waals surface area contributed by atoms with Crippen LogP contribution < -0.4 is 5.32 Å². The molecule has 0 aromatic carbocycles. The first kappa shape index (κ1) is 16.8. The van der Waals surface area contributed by atoms with Crippen LogP contribution in [0, 0.1) is 47.3 Å². The van der Waals surface area contributed by atoms with Crippen LogP contribution in [0.4, 0.5) is 0 Å². The van der Waals surface area contributed by atoms with Gasteiger partial charge in [0, 0.05) is 24.4 Å². The van der Waals surface area contributed by atoms with Gasteiger partial charge in [-0.1, -0.05) is 23.3 Å². The predicted molar refractivity (Wildman–Crippen MR) is 103 cm³/mol. The van der Waals surface area contributed by atoms with E-state index < -0.39 is 5.72 Å². The summed E-state index contributed by atoms with van der Waals surface area (Å²) in [5.74, 6) is 5.84. The first-order valence-electron chi connectivity index (χ1n) is 11.0. The molecular weight excluding hydrogens is 336 g/mol. The zero-order valence-electron chi connectivity index (χ0n) is 16.7. The molecule has 5 saturated carbocycles. The number of allylic oxidation sites excluding steroid dienone is 3. The van der Waals surface area contributed by atoms with Crippen molar-refractivity contribution in [2.24, 2.45) is 47.3 Å². The van der Waals surface area contributed by atoms with Crippen LogP contribution in [0.25, 0.3) is 0 Å². The summed E-state index contributed by atoms with van der Waals surface area (Å²) < 4.78 is 0. The van der Waals surface area contributed by atoms with E-state index in [9.17, 15) is 9.90 Å². The lowest BCUT2D eigenvalue weighted by atomic mass is 9.59. The molecule has 2 aliphatic heterocycles. The van der Waals surface area contributed by atoms with Crippen molar-refractivity contribution in [2.45, 2.75) is 51.8 Å². The molecule has 7 fully saturated rings. The second-order valence-electron chi connectivity index (χ2n) is 10.5. The van der Waals surface area contributed by atoms with Crippen LogP contribution in [0.2, 0.25) is 0 Å². The first-order valence-corrected chi connectivity index (χ1v) is 11.0. The third kappa shape index (κ3) is 1.81. The lowest BCUT2D eigenvalue weighted by Gasteiger charge is -2.45. The number of hydrogen-bond donors (Lipinski definition) is 2. The van der Waals surface area contributed by atoms with Gasteiger partial charge in [-0.15, -0.1) is 0 Å². The van der Waals surface area contributed by atoms with Gasteiger partial charge < -0.3 is 10.4 Å². The van der Waals surface area contributed by atoms with Crippen LogP contribution in [-0.4, -0.2) is 40.8 Å². The quantitative estimate of drug-likeness (QED) is 0.679. The molecule has 146 valence electrons. The van der Waals surface area contributed by atoms with E-state index in [0.29, 0.717) is 42.8 Å². The maximum Gasteiger partial charge on any atom is 0.234 e. The second kappa shape index (κ2) is 5.27. The minimum absolute atomic E-state index is 0.0815. The number of rotatable bonds is 7. The van der Waals surface area contributed by atoms with Crippen molar-refractivity contribution in [2.75, 3.05) is 13.1 Å². The minimum Gasteiger partial charge on any atom is -0.375 e. The van der Waals surface area contributed by atoms with Crippen molar-refractivity contribution in [3.05, 3.63) is 23.3 Å². The summed E-state index contributed by atoms with van der Waals surface area (Å²) in [6.45, 7) is 7.39. The Balaban J connectivity index is 1.07. The van der Waals surface area contributed by atoms with Crippen LogP contribution in [0.15, 0.2) is 23.3 Å². The van der Waals surface area contributed by atoms with Crippen molar-refractivity contribution in [1.29, 1.82) is 0 Å². The fourth-order valence-corrected chi connectivity index (χ4v) is 9.01. The highest BCUT2D eigenvalue weighted by Crippen LogP contribution is 2.90. The molecule has 0 aromatic heterocycles. The Bertz CT molecular complexity index is 768. The SMILES string of the molecule is CC(C)=CCC/C(C)=C/CNC(=O)CN1[C@H]2C3C4CC5C6C4C2C6[C@@]1(O)C53. The van der Waals surface area contributed by atoms with Crippen molar-refractivity contribution in [3.63, 3.8) is 0 Å². The molecule has 8 unspecified atom stereocenters. The van der Waals surface area contributed by atoms with E-state index >= 15 is 0 Å². The number of carbonyl (C=O) groups is 1. The second-order valence-corrected chi connectivity index (χ2v) is 10.5. The van der Waals surface area contributed by atoms with E-state index in [-0.39, 0.29) is 5.91 Å². The zero-order chi connectivity index (χ0) is 18.7. The molecule has 4 heteroatoms. The van der Waals surface area contributed by atoms with Crippen LogP contribution >= 0.6 is 0 Å². The van der Waals surface area contributed by atoms with Gasteiger partial charge >= 0.3 is 0 Å². The van der Waals surface area contributed by atoms with Crippen molar-refractivity contribution in [1.82, 2.24) is 10.2 Å². The molecule has 4 nitrogen and oxygen atoms in total. The Morgan fingerprint density at radius 1 is 1.11 bits per heavy atom. The van der Waals surface area contributed by atoms with Gasteiger partial charge in [0.2, 0.25) is 5.91 Å². The van der Waals surface area contributed by atoms with Gasteiger partial charge in [0.25, 0.3) is 0 Å². The fourth-order valence-electron chi connectivity index (χ4n) is 9.01. The molecule has 10 atom stereocenters. The number of nitrogens with zero attached hydrogens (tertiary/aromatic N) is 1. The molecule has 2 N–H and O–H groups in total. The van der Waals surface area contributed by atoms with Gasteiger partial charge in [-0.05, 0) is 75.5 Å². The summed E-state index contributed by atoms with van der Waals surface area (Å²) in [6, 6.07) is 0.510. The molecule has 5 aliphatic carbocycles. The van der Waals surface area contributed by atoms with Crippen LogP contribution in [0.5, 0.6) is 0 Å². The van der Waals surface area contributed by atoms with E-state index in [1.165, 1.54) is 17.6 Å². The smallest absolute Gasteiger partial charge is 0.234 e. The molecule has 2 saturated heterocycles. The maximum absolute atomic E-state index is 12.6. The van der Waals surface area contributed by atoms with Crippen molar-refractivity contribution >= 4 is 5.91 Å². The largest absolute Gasteiger partial charge is 0.375 e. The topological polar surface area (TPSA) is 52.6 Å². The van der Waals surface area contributed by atoms with Gasteiger partial charge in [-0.2, -0.15) is 0 Å². The van der Waals surface area contributed by atoms with Gasteiger partial charge in [-0.3, -0.25) is 9.69 Å². The molecule has 0 radical (unpaired) electrons. The number of amides is 1. The molecule has 7 rings (SSSR count). The highest BCUT2D eigenvalue weighted by Gasteiger charge is 2.93. The van der Waals surface area contributed by atoms with E-state index in [4.69, 9.17) is 0 Å². The highest BCUT2D eigenvalue weighted by atomic mass is 16.3. The molecule has 7 aliphatic rings. The molecule has 1 amide bonds. The molecule has 0 aromatic rings. The van der Waals surface area contributed by atoms with Crippen LogP contribution in [-0.2, 0) is 4.79 Å². The van der Waals surface area contributed by atoms with Gasteiger partial charge in [0.15, 0.2) is 0 Å². The number of hydrogen-bond acceptors (Lipinski definition) is 3. The van der Waals surface area contributed by atoms with Gasteiger partial charge in [-0.25, -0.2) is 0 Å². The Morgan fingerprint density at radius 3 is 2.70 bits per heavy atom. The summed E-state index contributed by atoms with van der Waals surface area (Å²) in [7, 11) is 0. The third-order valence-corrected chi connectivity index (χ3v) is 9.37. The molecule has 0 spiro atoms. The number of carbonyl (C=O) groups excluding carboxylic acids is 1. The number of nitrogens with one attached hydrogen (secondary N) is 1. The Hall–Kier alpha value is -1.13. The standard InChI is InChI=1S/C23H32N2O2/c1-11(2)5-4-6-12(3)7-8-24-15(26)10-25-22-18-13-9-14-17-16(13)19(22)21(17)23(25,27)20(14)18/h5,7,13-14,16-22,27H,4,6,8-10H2,1-3H3,(H,24,26)/b12-7+/t13?,14?,16?,17?,18?,19?,20?,21?,22-,23-/m0/s1. The maximum atomic E-state index is 12.6. The fraction of sp³-hybridized carbons (Fsp3) is 0.783. The summed E-state index contributed by atoms with van der Waals surface area (Å²) in [5, 5.41) is 14.7. The lowest BCUT2D eigenvalue weighted by molar-refractivity contribution is -0.143. The lowest BCUT2D eigenvalue weighted by Crippen LogP contribution is -2.52. The Morgan fingerprint density at radius 2 is 1.93 bits per heavy atom. The summed E-state index contributed by atoms with van der Waals surface area (Å²) in [5.41, 5.74) is 2.05. The number of aliphatic hydroxyl groups is 1. The van der Waals surface area contributed by atoms with Crippen LogP contribution in [0.1, 0.15) is 40.0 Å². The highest BCUT2D eigenvalue weighted by molar-refractivity contribution is 5.78. The van der Waals surface area contributed by atoms with Gasteiger partial charge in [0.1, 0.15) is 5.72 Å². The van der Waals surface area contributed by atoms with E-state index in [0.717, 1.165) is 36.5 Å². The Kier molecular flexibility index (Phi) is 3.28. The monoisotopic (exact) mass is 368 g/mol. The average molecular weight is 369 g/mol. The molecule has 4 bridgehead atoms. The molecule has 27 heavy (non-hydrogen) atoms. The third-order valence-electron chi connectivity index (χ3n) is 9.37. The molecule has 2 heterocycles. The predicted octanol–water partition coefficient (Wildman–Crippen LogP) is 2.56. The van der Waals surface area contributed by atoms with Crippen LogP contribution in [0.3, 0.4) is 0 Å². The normalized spacial score (nSPS) is 52.1. The van der Waals surface area contributed by atoms with E-state index in [1.807, 2.05) is 0 Å². The summed E-state index contributed by atoms with van der Waals surface area (Å²) in [4.78, 5) is 14.9. The Labute approximate surface area is 162 Å². The van der Waals surface area contributed by atoms with Gasteiger partial charge in [0.05, 0.1) is 6.54 Å². The average Bonchev–Trinajstić information content (AvgIpc) is 3.21. The summed E-state index contributed by atoms with van der Waals surface area (Å²) in [6.07, 6.45) is 7.89. The van der Waals surface area contributed by atoms with E-state index in [1.54, 1.807) is 0 Å². The summed E-state index contributed by atoms with van der Waals surface area (Å²) >= 11 is 0. The zero-order valence-corrected chi connectivity index (χ0v) is 16.7.